The summed E-state index contributed by atoms with van der Waals surface area (Å²) in [5.41, 5.74) is 0. The van der Waals surface area contributed by atoms with E-state index in [1.54, 1.807) is 7.11 Å². The molecule has 0 atom stereocenters. The Morgan fingerprint density at radius 2 is 2.00 bits per heavy atom. The van der Waals surface area contributed by atoms with Crippen molar-refractivity contribution in [1.29, 1.82) is 0 Å². The average Bonchev–Trinajstić information content (AvgIpc) is 3.08. The number of rotatable bonds is 12. The molecule has 1 fully saturated rings. The van der Waals surface area contributed by atoms with Gasteiger partial charge in [0.1, 0.15) is 0 Å². The summed E-state index contributed by atoms with van der Waals surface area (Å²) in [5.74, 6) is 0.912. The molecule has 7 nitrogen and oxygen atoms in total. The zero-order valence-electron chi connectivity index (χ0n) is 16.3. The Bertz CT molecular complexity index is 384. The zero-order chi connectivity index (χ0) is 18.3. The van der Waals surface area contributed by atoms with E-state index < -0.39 is 0 Å². The maximum atomic E-state index is 11.9. The number of nitrogens with zero attached hydrogens (tertiary/aromatic N) is 2. The molecule has 0 heterocycles. The lowest BCUT2D eigenvalue weighted by Gasteiger charge is -2.16. The minimum atomic E-state index is 0.133. The van der Waals surface area contributed by atoms with Gasteiger partial charge in [-0.25, -0.2) is 0 Å². The maximum absolute atomic E-state index is 11.9. The second-order valence-electron chi connectivity index (χ2n) is 6.64. The van der Waals surface area contributed by atoms with Crippen molar-refractivity contribution in [2.45, 2.75) is 51.5 Å². The van der Waals surface area contributed by atoms with Gasteiger partial charge in [-0.1, -0.05) is 12.8 Å². The largest absolute Gasteiger partial charge is 0.385 e. The quantitative estimate of drug-likeness (QED) is 0.276. The van der Waals surface area contributed by atoms with Crippen molar-refractivity contribution < 1.29 is 9.53 Å². The van der Waals surface area contributed by atoms with Gasteiger partial charge in [0.2, 0.25) is 5.91 Å². The number of amides is 1. The molecular weight excluding hydrogens is 318 g/mol. The second kappa shape index (κ2) is 13.9. The standard InChI is InChI=1S/C18H37N5O2/c1-4-19-18(21-12-14-23(2)13-7-15-25-3)20-11-10-17(24)22-16-8-5-6-9-16/h16H,4-15H2,1-3H3,(H,22,24)(H2,19,20,21). The number of aliphatic imine (C=N–C) groups is 1. The lowest BCUT2D eigenvalue weighted by Crippen LogP contribution is -2.40. The third-order valence-electron chi connectivity index (χ3n) is 4.35. The summed E-state index contributed by atoms with van der Waals surface area (Å²) in [7, 11) is 3.82. The highest BCUT2D eigenvalue weighted by Crippen LogP contribution is 2.17. The number of guanidine groups is 1. The topological polar surface area (TPSA) is 78.0 Å². The number of carbonyl (C=O) groups is 1. The van der Waals surface area contributed by atoms with Gasteiger partial charge in [-0.15, -0.1) is 0 Å². The van der Waals surface area contributed by atoms with Gasteiger partial charge in [-0.05, 0) is 33.2 Å². The summed E-state index contributed by atoms with van der Waals surface area (Å²) in [5, 5.41) is 9.58. The van der Waals surface area contributed by atoms with Crippen LogP contribution in [0.5, 0.6) is 0 Å². The molecule has 0 saturated heterocycles. The molecular formula is C18H37N5O2. The molecule has 1 rings (SSSR count). The van der Waals surface area contributed by atoms with Gasteiger partial charge >= 0.3 is 0 Å². The minimum Gasteiger partial charge on any atom is -0.385 e. The fraction of sp³-hybridized carbons (Fsp3) is 0.889. The van der Waals surface area contributed by atoms with E-state index in [2.05, 4.69) is 32.9 Å². The summed E-state index contributed by atoms with van der Waals surface area (Å²) in [6.07, 6.45) is 6.24. The van der Waals surface area contributed by atoms with E-state index in [-0.39, 0.29) is 5.91 Å². The van der Waals surface area contributed by atoms with Crippen LogP contribution in [0.2, 0.25) is 0 Å². The van der Waals surface area contributed by atoms with Crippen molar-refractivity contribution in [2.75, 3.05) is 53.5 Å². The minimum absolute atomic E-state index is 0.133. The van der Waals surface area contributed by atoms with E-state index in [9.17, 15) is 4.79 Å². The molecule has 25 heavy (non-hydrogen) atoms. The van der Waals surface area contributed by atoms with Crippen molar-refractivity contribution in [2.24, 2.45) is 4.99 Å². The van der Waals surface area contributed by atoms with Crippen LogP contribution < -0.4 is 16.0 Å². The van der Waals surface area contributed by atoms with Gasteiger partial charge in [0, 0.05) is 52.4 Å². The first-order valence-electron chi connectivity index (χ1n) is 9.64. The van der Waals surface area contributed by atoms with Gasteiger partial charge in [0.05, 0.1) is 6.54 Å². The molecule has 0 radical (unpaired) electrons. The first kappa shape index (κ1) is 21.7. The predicted molar refractivity (Wildman–Crippen MR) is 103 cm³/mol. The zero-order valence-corrected chi connectivity index (χ0v) is 16.3. The normalized spacial score (nSPS) is 15.6. The van der Waals surface area contributed by atoms with Crippen molar-refractivity contribution in [1.82, 2.24) is 20.9 Å². The number of hydrogen-bond acceptors (Lipinski definition) is 4. The number of nitrogens with one attached hydrogen (secondary N) is 3. The van der Waals surface area contributed by atoms with E-state index in [1.807, 2.05) is 6.92 Å². The molecule has 1 amide bonds. The molecule has 7 heteroatoms. The Hall–Kier alpha value is -1.34. The Morgan fingerprint density at radius 3 is 2.68 bits per heavy atom. The average molecular weight is 356 g/mol. The molecule has 0 aromatic carbocycles. The molecule has 0 aromatic heterocycles. The smallest absolute Gasteiger partial charge is 0.221 e. The number of methoxy groups -OCH3 is 1. The van der Waals surface area contributed by atoms with Crippen molar-refractivity contribution in [3.05, 3.63) is 0 Å². The highest BCUT2D eigenvalue weighted by Gasteiger charge is 2.16. The summed E-state index contributed by atoms with van der Waals surface area (Å²) >= 11 is 0. The molecule has 3 N–H and O–H groups in total. The molecule has 1 aliphatic carbocycles. The summed E-state index contributed by atoms with van der Waals surface area (Å²) in [6.45, 7) is 6.89. The summed E-state index contributed by atoms with van der Waals surface area (Å²) in [4.78, 5) is 18.8. The Balaban J connectivity index is 2.19. The van der Waals surface area contributed by atoms with Crippen molar-refractivity contribution in [3.63, 3.8) is 0 Å². The van der Waals surface area contributed by atoms with Crippen LogP contribution in [-0.2, 0) is 9.53 Å². The van der Waals surface area contributed by atoms with E-state index in [4.69, 9.17) is 4.74 Å². The summed E-state index contributed by atoms with van der Waals surface area (Å²) in [6, 6.07) is 0.392. The first-order valence-corrected chi connectivity index (χ1v) is 9.64. The van der Waals surface area contributed by atoms with Crippen LogP contribution in [0.1, 0.15) is 45.4 Å². The molecule has 1 aliphatic rings. The van der Waals surface area contributed by atoms with Crippen LogP contribution >= 0.6 is 0 Å². The van der Waals surface area contributed by atoms with Crippen LogP contribution in [0.3, 0.4) is 0 Å². The van der Waals surface area contributed by atoms with Crippen LogP contribution in [-0.4, -0.2) is 76.3 Å². The molecule has 1 saturated carbocycles. The highest BCUT2D eigenvalue weighted by atomic mass is 16.5. The van der Waals surface area contributed by atoms with Crippen LogP contribution in [0, 0.1) is 0 Å². The van der Waals surface area contributed by atoms with Crippen LogP contribution in [0.25, 0.3) is 0 Å². The van der Waals surface area contributed by atoms with Crippen LogP contribution in [0.15, 0.2) is 4.99 Å². The Labute approximate surface area is 153 Å². The van der Waals surface area contributed by atoms with E-state index in [0.29, 0.717) is 19.0 Å². The van der Waals surface area contributed by atoms with Crippen molar-refractivity contribution in [3.8, 4) is 0 Å². The molecule has 146 valence electrons. The Morgan fingerprint density at radius 1 is 1.24 bits per heavy atom. The first-order chi connectivity index (χ1) is 12.2. The SMILES string of the molecule is CCNC(=NCCN(C)CCCOC)NCCC(=O)NC1CCCC1. The van der Waals surface area contributed by atoms with Crippen LogP contribution in [0.4, 0.5) is 0 Å². The molecule has 0 aliphatic heterocycles. The fourth-order valence-corrected chi connectivity index (χ4v) is 2.93. The van der Waals surface area contributed by atoms with Crippen molar-refractivity contribution >= 4 is 11.9 Å². The molecule has 0 spiro atoms. The Kier molecular flexibility index (Phi) is 12.1. The lowest BCUT2D eigenvalue weighted by molar-refractivity contribution is -0.121. The van der Waals surface area contributed by atoms with E-state index in [1.165, 1.54) is 12.8 Å². The molecule has 0 aromatic rings. The van der Waals surface area contributed by atoms with Gasteiger partial charge in [0.15, 0.2) is 5.96 Å². The predicted octanol–water partition coefficient (Wildman–Crippen LogP) is 0.959. The third-order valence-corrected chi connectivity index (χ3v) is 4.35. The highest BCUT2D eigenvalue weighted by molar-refractivity contribution is 5.81. The van der Waals surface area contributed by atoms with Gasteiger partial charge in [0.25, 0.3) is 0 Å². The van der Waals surface area contributed by atoms with E-state index >= 15 is 0 Å². The fourth-order valence-electron chi connectivity index (χ4n) is 2.93. The summed E-state index contributed by atoms with van der Waals surface area (Å²) < 4.78 is 5.07. The lowest BCUT2D eigenvalue weighted by atomic mass is 10.2. The van der Waals surface area contributed by atoms with Gasteiger partial charge < -0.3 is 25.6 Å². The second-order valence-corrected chi connectivity index (χ2v) is 6.64. The van der Waals surface area contributed by atoms with Gasteiger partial charge in [-0.2, -0.15) is 0 Å². The number of hydrogen-bond donors (Lipinski definition) is 3. The third kappa shape index (κ3) is 11.0. The number of likely N-dealkylation sites (N-methyl/N-ethyl adjacent to an activating group) is 1. The maximum Gasteiger partial charge on any atom is 0.221 e. The molecule has 0 unspecified atom stereocenters. The molecule has 0 bridgehead atoms. The monoisotopic (exact) mass is 355 g/mol. The number of carbonyl (C=O) groups excluding carboxylic acids is 1. The van der Waals surface area contributed by atoms with Gasteiger partial charge in [-0.3, -0.25) is 9.79 Å². The number of ether oxygens (including phenoxy) is 1. The van der Waals surface area contributed by atoms with E-state index in [0.717, 1.165) is 58.0 Å².